The summed E-state index contributed by atoms with van der Waals surface area (Å²) in [6.45, 7) is 0. The van der Waals surface area contributed by atoms with Crippen LogP contribution in [0.2, 0.25) is 0 Å². The summed E-state index contributed by atoms with van der Waals surface area (Å²) in [5.41, 5.74) is 0.325. The number of carbonyl (C=O) groups is 1. The van der Waals surface area contributed by atoms with Gasteiger partial charge >= 0.3 is 0 Å². The monoisotopic (exact) mass is 243 g/mol. The summed E-state index contributed by atoms with van der Waals surface area (Å²) in [6.07, 6.45) is -0.466. The van der Waals surface area contributed by atoms with Crippen LogP contribution in [0.4, 0.5) is 5.69 Å². The highest BCUT2D eigenvalue weighted by molar-refractivity contribution is 7.86. The van der Waals surface area contributed by atoms with Crippen molar-refractivity contribution in [3.8, 4) is 0 Å². The van der Waals surface area contributed by atoms with Crippen LogP contribution in [0.3, 0.4) is 0 Å². The first-order valence-corrected chi connectivity index (χ1v) is 5.98. The van der Waals surface area contributed by atoms with Gasteiger partial charge in [-0.2, -0.15) is 8.42 Å². The molecule has 7 heteroatoms. The summed E-state index contributed by atoms with van der Waals surface area (Å²) in [5, 5.41) is 8.40. The largest absolute Gasteiger partial charge is 0.294 e. The Morgan fingerprint density at radius 2 is 1.94 bits per heavy atom. The third-order valence-electron chi connectivity index (χ3n) is 2.43. The Balaban J connectivity index is 2.54. The van der Waals surface area contributed by atoms with Gasteiger partial charge in [0.15, 0.2) is 11.2 Å². The molecule has 16 heavy (non-hydrogen) atoms. The number of nitrogens with zero attached hydrogens (tertiary/aromatic N) is 1. The Kier molecular flexibility index (Phi) is 2.45. The third kappa shape index (κ3) is 1.69. The van der Waals surface area contributed by atoms with E-state index in [1.165, 1.54) is 12.1 Å². The fourth-order valence-electron chi connectivity index (χ4n) is 1.65. The zero-order valence-corrected chi connectivity index (χ0v) is 8.88. The summed E-state index contributed by atoms with van der Waals surface area (Å²) in [4.78, 5) is 11.6. The first-order valence-electron chi connectivity index (χ1n) is 4.48. The van der Waals surface area contributed by atoms with Gasteiger partial charge in [-0.15, -0.1) is 0 Å². The average molecular weight is 243 g/mol. The van der Waals surface area contributed by atoms with Crippen LogP contribution >= 0.6 is 0 Å². The predicted molar refractivity (Wildman–Crippen MR) is 55.0 cm³/mol. The molecule has 1 aliphatic rings. The van der Waals surface area contributed by atoms with E-state index in [0.717, 1.165) is 0 Å². The van der Waals surface area contributed by atoms with E-state index < -0.39 is 27.7 Å². The number of benzene rings is 1. The van der Waals surface area contributed by atoms with Crippen molar-refractivity contribution in [1.82, 2.24) is 0 Å². The molecular formula is C9H9NO5S. The highest BCUT2D eigenvalue weighted by Gasteiger charge is 2.38. The van der Waals surface area contributed by atoms with E-state index in [9.17, 15) is 18.4 Å². The normalized spacial score (nSPS) is 20.8. The smallest absolute Gasteiger partial charge is 0.289 e. The molecule has 1 unspecified atom stereocenters. The SMILES string of the molecule is O=C1CC(S(=O)(=O)O)N(O)c2ccccc21. The number of Topliss-reactive ketones (excluding diaryl/α,β-unsaturated/α-hetero) is 1. The molecule has 0 radical (unpaired) electrons. The minimum atomic E-state index is -4.50. The van der Waals surface area contributed by atoms with Gasteiger partial charge in [0.25, 0.3) is 10.1 Å². The van der Waals surface area contributed by atoms with Crippen molar-refractivity contribution in [2.45, 2.75) is 11.8 Å². The number of anilines is 1. The lowest BCUT2D eigenvalue weighted by Gasteiger charge is -2.30. The third-order valence-corrected chi connectivity index (χ3v) is 3.48. The Hall–Kier alpha value is -1.44. The van der Waals surface area contributed by atoms with Gasteiger partial charge in [0.2, 0.25) is 0 Å². The fraction of sp³-hybridized carbons (Fsp3) is 0.222. The fourth-order valence-corrected chi connectivity index (χ4v) is 2.38. The van der Waals surface area contributed by atoms with E-state index in [0.29, 0.717) is 5.06 Å². The molecule has 0 amide bonds. The van der Waals surface area contributed by atoms with Crippen molar-refractivity contribution < 1.29 is 23.0 Å². The number of rotatable bonds is 1. The molecule has 0 aliphatic carbocycles. The van der Waals surface area contributed by atoms with Gasteiger partial charge in [0.05, 0.1) is 12.1 Å². The lowest BCUT2D eigenvalue weighted by molar-refractivity contribution is 0.0947. The van der Waals surface area contributed by atoms with Crippen LogP contribution in [0.25, 0.3) is 0 Å². The standard InChI is InChI=1S/C9H9NO5S/c11-8-5-9(16(13,14)15)10(12)7-4-2-1-3-6(7)8/h1-4,9,12H,5H2,(H,13,14,15). The Morgan fingerprint density at radius 3 is 2.56 bits per heavy atom. The molecule has 0 saturated carbocycles. The van der Waals surface area contributed by atoms with E-state index in [1.807, 2.05) is 0 Å². The van der Waals surface area contributed by atoms with Crippen LogP contribution < -0.4 is 5.06 Å². The molecule has 1 aromatic rings. The van der Waals surface area contributed by atoms with Crippen LogP contribution in [0, 0.1) is 0 Å². The van der Waals surface area contributed by atoms with Crippen LogP contribution in [-0.4, -0.2) is 29.3 Å². The second-order valence-electron chi connectivity index (χ2n) is 3.46. The van der Waals surface area contributed by atoms with Crippen LogP contribution in [-0.2, 0) is 10.1 Å². The molecule has 0 aromatic heterocycles. The van der Waals surface area contributed by atoms with Crippen LogP contribution in [0.5, 0.6) is 0 Å². The maximum Gasteiger partial charge on any atom is 0.289 e. The van der Waals surface area contributed by atoms with Crippen molar-refractivity contribution >= 4 is 21.6 Å². The summed E-state index contributed by atoms with van der Waals surface area (Å²) in [5.74, 6) is -0.427. The highest BCUT2D eigenvalue weighted by Crippen LogP contribution is 2.30. The molecule has 0 saturated heterocycles. The highest BCUT2D eigenvalue weighted by atomic mass is 32.2. The van der Waals surface area contributed by atoms with Crippen LogP contribution in [0.15, 0.2) is 24.3 Å². The molecule has 1 atom stereocenters. The molecule has 2 N–H and O–H groups in total. The Labute approximate surface area is 91.8 Å². The first kappa shape index (κ1) is 11.1. The molecule has 2 rings (SSSR count). The van der Waals surface area contributed by atoms with Gasteiger partial charge in [-0.05, 0) is 12.1 Å². The lowest BCUT2D eigenvalue weighted by atomic mass is 10.0. The van der Waals surface area contributed by atoms with E-state index in [2.05, 4.69) is 0 Å². The first-order chi connectivity index (χ1) is 7.41. The lowest BCUT2D eigenvalue weighted by Crippen LogP contribution is -2.44. The molecule has 0 bridgehead atoms. The van der Waals surface area contributed by atoms with Gasteiger partial charge in [-0.3, -0.25) is 14.6 Å². The van der Waals surface area contributed by atoms with E-state index in [4.69, 9.17) is 4.55 Å². The number of para-hydroxylation sites is 1. The maximum atomic E-state index is 11.6. The quantitative estimate of drug-likeness (QED) is 0.704. The van der Waals surface area contributed by atoms with Gasteiger partial charge in [0.1, 0.15) is 0 Å². The van der Waals surface area contributed by atoms with Gasteiger partial charge in [-0.1, -0.05) is 12.1 Å². The van der Waals surface area contributed by atoms with Crippen molar-refractivity contribution in [2.75, 3.05) is 5.06 Å². The number of hydrogen-bond donors (Lipinski definition) is 2. The number of hydroxylamine groups is 1. The summed E-state index contributed by atoms with van der Waals surface area (Å²) in [6, 6.07) is 6.06. The molecular weight excluding hydrogens is 234 g/mol. The van der Waals surface area contributed by atoms with Crippen molar-refractivity contribution in [3.05, 3.63) is 29.8 Å². The molecule has 86 valence electrons. The minimum absolute atomic E-state index is 0.0846. The number of ketones is 1. The molecule has 1 heterocycles. The van der Waals surface area contributed by atoms with Gasteiger partial charge in [-0.25, -0.2) is 5.06 Å². The second-order valence-corrected chi connectivity index (χ2v) is 5.03. The van der Waals surface area contributed by atoms with Crippen molar-refractivity contribution in [1.29, 1.82) is 0 Å². The molecule has 6 nitrogen and oxygen atoms in total. The molecule has 1 aromatic carbocycles. The summed E-state index contributed by atoms with van der Waals surface area (Å²) >= 11 is 0. The van der Waals surface area contributed by atoms with Gasteiger partial charge < -0.3 is 0 Å². The second kappa shape index (κ2) is 3.55. The number of carbonyl (C=O) groups excluding carboxylic acids is 1. The number of hydrogen-bond acceptors (Lipinski definition) is 5. The Bertz CT molecular complexity index is 539. The van der Waals surface area contributed by atoms with Gasteiger partial charge in [0, 0.05) is 5.56 Å². The topological polar surface area (TPSA) is 94.9 Å². The molecule has 1 aliphatic heterocycles. The van der Waals surface area contributed by atoms with E-state index >= 15 is 0 Å². The Morgan fingerprint density at radius 1 is 1.31 bits per heavy atom. The summed E-state index contributed by atoms with van der Waals surface area (Å²) in [7, 11) is -4.50. The van der Waals surface area contributed by atoms with Crippen LogP contribution in [0.1, 0.15) is 16.8 Å². The van der Waals surface area contributed by atoms with E-state index in [-0.39, 0.29) is 11.3 Å². The average Bonchev–Trinajstić information content (AvgIpc) is 2.22. The molecule has 0 fully saturated rings. The van der Waals surface area contributed by atoms with Crippen molar-refractivity contribution in [2.24, 2.45) is 0 Å². The molecule has 0 spiro atoms. The maximum absolute atomic E-state index is 11.6. The summed E-state index contributed by atoms with van der Waals surface area (Å²) < 4.78 is 30.8. The van der Waals surface area contributed by atoms with E-state index in [1.54, 1.807) is 12.1 Å². The minimum Gasteiger partial charge on any atom is -0.294 e. The van der Waals surface area contributed by atoms with Crippen molar-refractivity contribution in [3.63, 3.8) is 0 Å². The number of fused-ring (bicyclic) bond motifs is 1. The zero-order chi connectivity index (χ0) is 11.9. The predicted octanol–water partition coefficient (Wildman–Crippen LogP) is 0.682. The zero-order valence-electron chi connectivity index (χ0n) is 8.07.